The van der Waals surface area contributed by atoms with E-state index in [9.17, 15) is 4.79 Å². The van der Waals surface area contributed by atoms with E-state index in [4.69, 9.17) is 10.5 Å². The Hall–Kier alpha value is -1.55. The molecule has 2 aliphatic carbocycles. The number of rotatable bonds is 6. The highest BCUT2D eigenvalue weighted by atomic mass is 16.5. The fraction of sp³-hybridized carbons (Fsp3) is 0.611. The van der Waals surface area contributed by atoms with Crippen LogP contribution in [0.4, 0.5) is 0 Å². The Morgan fingerprint density at radius 1 is 1.27 bits per heavy atom. The summed E-state index contributed by atoms with van der Waals surface area (Å²) in [6.45, 7) is 0. The number of nitrogens with one attached hydrogen (secondary N) is 1. The van der Waals surface area contributed by atoms with Crippen LogP contribution in [0.3, 0.4) is 0 Å². The van der Waals surface area contributed by atoms with Crippen LogP contribution in [-0.4, -0.2) is 19.1 Å². The Kier molecular flexibility index (Phi) is 4.67. The van der Waals surface area contributed by atoms with Crippen LogP contribution in [0.25, 0.3) is 0 Å². The monoisotopic (exact) mass is 302 g/mol. The van der Waals surface area contributed by atoms with Gasteiger partial charge in [-0.1, -0.05) is 18.6 Å². The van der Waals surface area contributed by atoms with Gasteiger partial charge < -0.3 is 15.8 Å². The number of ether oxygens (including phenoxy) is 1. The summed E-state index contributed by atoms with van der Waals surface area (Å²) in [7, 11) is 1.67. The Labute approximate surface area is 132 Å². The predicted octanol–water partition coefficient (Wildman–Crippen LogP) is 2.78. The van der Waals surface area contributed by atoms with Crippen molar-refractivity contribution >= 4 is 5.91 Å². The number of carbonyl (C=O) groups excluding carboxylic acids is 1. The third-order valence-electron chi connectivity index (χ3n) is 5.05. The van der Waals surface area contributed by atoms with Gasteiger partial charge in [0.15, 0.2) is 0 Å². The van der Waals surface area contributed by atoms with Gasteiger partial charge in [-0.25, -0.2) is 0 Å². The van der Waals surface area contributed by atoms with Gasteiger partial charge in [0.1, 0.15) is 5.75 Å². The number of amides is 1. The van der Waals surface area contributed by atoms with Gasteiger partial charge in [-0.05, 0) is 55.2 Å². The quantitative estimate of drug-likeness (QED) is 0.849. The van der Waals surface area contributed by atoms with Crippen molar-refractivity contribution in [1.29, 1.82) is 0 Å². The Morgan fingerprint density at radius 2 is 2.00 bits per heavy atom. The molecule has 1 unspecified atom stereocenters. The van der Waals surface area contributed by atoms with Crippen LogP contribution in [0.5, 0.6) is 5.75 Å². The molecule has 0 aromatic heterocycles. The van der Waals surface area contributed by atoms with Crippen molar-refractivity contribution in [1.82, 2.24) is 5.32 Å². The first kappa shape index (κ1) is 15.3. The lowest BCUT2D eigenvalue weighted by Gasteiger charge is -2.21. The zero-order valence-electron chi connectivity index (χ0n) is 13.3. The zero-order chi connectivity index (χ0) is 15.5. The van der Waals surface area contributed by atoms with Crippen LogP contribution in [0.2, 0.25) is 0 Å². The zero-order valence-corrected chi connectivity index (χ0v) is 13.3. The molecule has 0 radical (unpaired) electrons. The highest BCUT2D eigenvalue weighted by Gasteiger charge is 2.34. The van der Waals surface area contributed by atoms with Crippen LogP contribution in [0.15, 0.2) is 24.3 Å². The van der Waals surface area contributed by atoms with E-state index in [2.05, 4.69) is 17.4 Å². The van der Waals surface area contributed by atoms with Gasteiger partial charge >= 0.3 is 0 Å². The minimum atomic E-state index is 0.135. The molecule has 3 rings (SSSR count). The molecule has 120 valence electrons. The van der Waals surface area contributed by atoms with E-state index in [0.29, 0.717) is 18.3 Å². The fourth-order valence-electron chi connectivity index (χ4n) is 3.50. The molecule has 2 fully saturated rings. The molecule has 0 saturated heterocycles. The van der Waals surface area contributed by atoms with Crippen molar-refractivity contribution in [3.05, 3.63) is 29.8 Å². The average Bonchev–Trinajstić information content (AvgIpc) is 3.30. The van der Waals surface area contributed by atoms with Crippen molar-refractivity contribution in [3.63, 3.8) is 0 Å². The molecule has 4 heteroatoms. The highest BCUT2D eigenvalue weighted by Crippen LogP contribution is 2.41. The summed E-state index contributed by atoms with van der Waals surface area (Å²) in [6, 6.07) is 8.38. The first-order valence-electron chi connectivity index (χ1n) is 8.36. The molecule has 2 saturated carbocycles. The van der Waals surface area contributed by atoms with Gasteiger partial charge in [-0.3, -0.25) is 4.79 Å². The molecular weight excluding hydrogens is 276 g/mol. The summed E-state index contributed by atoms with van der Waals surface area (Å²) >= 11 is 0. The maximum Gasteiger partial charge on any atom is 0.220 e. The third kappa shape index (κ3) is 3.61. The number of methoxy groups -OCH3 is 1. The van der Waals surface area contributed by atoms with E-state index in [1.54, 1.807) is 7.11 Å². The molecule has 1 amide bonds. The first-order valence-corrected chi connectivity index (χ1v) is 8.36. The molecule has 1 aromatic carbocycles. The van der Waals surface area contributed by atoms with Crippen LogP contribution in [0, 0.1) is 11.8 Å². The predicted molar refractivity (Wildman–Crippen MR) is 86.5 cm³/mol. The second-order valence-electron chi connectivity index (χ2n) is 6.71. The van der Waals surface area contributed by atoms with Gasteiger partial charge in [0.2, 0.25) is 5.91 Å². The topological polar surface area (TPSA) is 64.3 Å². The molecule has 0 heterocycles. The second-order valence-corrected chi connectivity index (χ2v) is 6.71. The smallest absolute Gasteiger partial charge is 0.220 e. The normalized spacial score (nSPS) is 25.7. The summed E-state index contributed by atoms with van der Waals surface area (Å²) in [5, 5.41) is 3.24. The number of carbonyl (C=O) groups is 1. The van der Waals surface area contributed by atoms with Gasteiger partial charge in [0, 0.05) is 12.5 Å². The fourth-order valence-corrected chi connectivity index (χ4v) is 3.50. The van der Waals surface area contributed by atoms with E-state index >= 15 is 0 Å². The van der Waals surface area contributed by atoms with E-state index in [1.165, 1.54) is 18.4 Å². The molecule has 1 aromatic rings. The first-order chi connectivity index (χ1) is 10.7. The minimum absolute atomic E-state index is 0.135. The van der Waals surface area contributed by atoms with E-state index < -0.39 is 0 Å². The van der Waals surface area contributed by atoms with Crippen LogP contribution in [-0.2, 0) is 4.79 Å². The van der Waals surface area contributed by atoms with Crippen molar-refractivity contribution in [2.75, 3.05) is 7.11 Å². The van der Waals surface area contributed by atoms with Crippen LogP contribution in [0.1, 0.15) is 50.1 Å². The van der Waals surface area contributed by atoms with Crippen LogP contribution < -0.4 is 15.8 Å². The number of benzene rings is 1. The summed E-state index contributed by atoms with van der Waals surface area (Å²) in [5.74, 6) is 1.93. The Morgan fingerprint density at radius 3 is 2.55 bits per heavy atom. The molecule has 0 bridgehead atoms. The average molecular weight is 302 g/mol. The van der Waals surface area contributed by atoms with Gasteiger partial charge in [-0.15, -0.1) is 0 Å². The number of hydrogen-bond acceptors (Lipinski definition) is 3. The van der Waals surface area contributed by atoms with E-state index in [0.717, 1.165) is 25.0 Å². The van der Waals surface area contributed by atoms with Crippen molar-refractivity contribution in [2.24, 2.45) is 17.6 Å². The minimum Gasteiger partial charge on any atom is -0.497 e. The molecule has 3 atom stereocenters. The summed E-state index contributed by atoms with van der Waals surface area (Å²) in [4.78, 5) is 12.4. The van der Waals surface area contributed by atoms with Gasteiger partial charge in [0.25, 0.3) is 0 Å². The molecule has 0 spiro atoms. The Bertz CT molecular complexity index is 510. The van der Waals surface area contributed by atoms with Crippen molar-refractivity contribution in [3.8, 4) is 5.75 Å². The van der Waals surface area contributed by atoms with E-state index in [-0.39, 0.29) is 18.0 Å². The van der Waals surface area contributed by atoms with Crippen molar-refractivity contribution in [2.45, 2.75) is 50.6 Å². The molecule has 2 aliphatic rings. The lowest BCUT2D eigenvalue weighted by atomic mass is 9.98. The second kappa shape index (κ2) is 6.69. The summed E-state index contributed by atoms with van der Waals surface area (Å²) < 4.78 is 5.21. The maximum atomic E-state index is 12.4. The standard InChI is InChI=1S/C18H26N2O2/c1-22-15-9-7-13(8-10-15)18(12-5-6-12)20-17(21)11-14-3-2-4-16(14)19/h7-10,12,14,16,18H,2-6,11,19H2,1H3,(H,20,21)/t14-,16+,18?/m0/s1. The third-order valence-corrected chi connectivity index (χ3v) is 5.05. The molecule has 3 N–H and O–H groups in total. The highest BCUT2D eigenvalue weighted by molar-refractivity contribution is 5.77. The molecule has 0 aliphatic heterocycles. The number of hydrogen-bond donors (Lipinski definition) is 2. The van der Waals surface area contributed by atoms with E-state index in [1.807, 2.05) is 12.1 Å². The molecule has 22 heavy (non-hydrogen) atoms. The lowest BCUT2D eigenvalue weighted by Crippen LogP contribution is -2.34. The van der Waals surface area contributed by atoms with Crippen molar-refractivity contribution < 1.29 is 9.53 Å². The Balaban J connectivity index is 1.62. The summed E-state index contributed by atoms with van der Waals surface area (Å²) in [6.07, 6.45) is 6.26. The lowest BCUT2D eigenvalue weighted by molar-refractivity contribution is -0.123. The number of nitrogens with two attached hydrogens (primary N) is 1. The molecular formula is C18H26N2O2. The SMILES string of the molecule is COc1ccc(C(NC(=O)C[C@@H]2CCC[C@H]2N)C2CC2)cc1. The van der Waals surface area contributed by atoms with Gasteiger partial charge in [-0.2, -0.15) is 0 Å². The molecule has 4 nitrogen and oxygen atoms in total. The van der Waals surface area contributed by atoms with Crippen LogP contribution >= 0.6 is 0 Å². The van der Waals surface area contributed by atoms with Gasteiger partial charge in [0.05, 0.1) is 13.2 Å². The maximum absolute atomic E-state index is 12.4. The largest absolute Gasteiger partial charge is 0.497 e. The summed E-state index contributed by atoms with van der Waals surface area (Å²) in [5.41, 5.74) is 7.25.